The minimum absolute atomic E-state index is 0.0554. The summed E-state index contributed by atoms with van der Waals surface area (Å²) in [7, 11) is -2.32. The molecule has 10 heteroatoms. The van der Waals surface area contributed by atoms with Crippen molar-refractivity contribution in [1.82, 2.24) is 0 Å². The predicted molar refractivity (Wildman–Crippen MR) is 72.8 cm³/mol. The Kier molecular flexibility index (Phi) is 7.35. The predicted octanol–water partition coefficient (Wildman–Crippen LogP) is 0.509. The van der Waals surface area contributed by atoms with Crippen LogP contribution in [0.3, 0.4) is 0 Å². The molecule has 0 aliphatic rings. The van der Waals surface area contributed by atoms with Crippen molar-refractivity contribution in [3.63, 3.8) is 0 Å². The Balaban J connectivity index is 0.000000511. The first-order chi connectivity index (χ1) is 9.08. The number of nitrogens with zero attached hydrogens (tertiary/aromatic N) is 1. The number of aromatic carboxylic acids is 1. The van der Waals surface area contributed by atoms with Gasteiger partial charge in [-0.25, -0.2) is 4.79 Å². The first-order valence-electron chi connectivity index (χ1n) is 5.20. The van der Waals surface area contributed by atoms with Gasteiger partial charge in [0.1, 0.15) is 0 Å². The maximum atomic E-state index is 10.6. The van der Waals surface area contributed by atoms with E-state index in [4.69, 9.17) is 9.66 Å². The highest BCUT2D eigenvalue weighted by atomic mass is 32.2. The van der Waals surface area contributed by atoms with E-state index >= 15 is 0 Å². The zero-order valence-electron chi connectivity index (χ0n) is 10.7. The topological polar surface area (TPSA) is 135 Å². The fourth-order valence-corrected chi connectivity index (χ4v) is 1.21. The number of benzene rings is 1. The van der Waals surface area contributed by atoms with Crippen LogP contribution in [0.25, 0.3) is 0 Å². The zero-order chi connectivity index (χ0) is 15.9. The van der Waals surface area contributed by atoms with Gasteiger partial charge in [-0.2, -0.15) is 8.42 Å². The van der Waals surface area contributed by atoms with Crippen molar-refractivity contribution in [1.29, 1.82) is 0 Å². The van der Waals surface area contributed by atoms with E-state index in [9.17, 15) is 22.0 Å². The normalized spacial score (nSPS) is 12.0. The number of carboxylic acid groups (broad SMARTS) is 1. The van der Waals surface area contributed by atoms with Crippen molar-refractivity contribution in [3.05, 3.63) is 29.8 Å². The Hall–Kier alpha value is -1.49. The second-order valence-electron chi connectivity index (χ2n) is 3.44. The number of carboxylic acids is 1. The lowest BCUT2D eigenvalue weighted by molar-refractivity contribution is 0.0697. The third kappa shape index (κ3) is 7.19. The van der Waals surface area contributed by atoms with E-state index in [1.165, 1.54) is 38.2 Å². The van der Waals surface area contributed by atoms with Gasteiger partial charge in [0.25, 0.3) is 10.1 Å². The standard InChI is InChI=1S/C8H9NO4S.C2H6O3S/c1-9(14(12)13)7-4-2-3-6(5-7)8(10)11;1-2-6(3,4)5/h2-5H,1H3,(H,10,11)(H,12,13);2H2,1H3,(H,3,4,5)/p-1. The quantitative estimate of drug-likeness (QED) is 0.608. The van der Waals surface area contributed by atoms with Gasteiger partial charge in [0, 0.05) is 24.0 Å². The van der Waals surface area contributed by atoms with Crippen LogP contribution < -0.4 is 4.31 Å². The molecule has 0 radical (unpaired) electrons. The highest BCUT2D eigenvalue weighted by Gasteiger charge is 2.06. The summed E-state index contributed by atoms with van der Waals surface area (Å²) in [6.07, 6.45) is 0. The Labute approximate surface area is 119 Å². The Bertz CT molecular complexity index is 585. The van der Waals surface area contributed by atoms with E-state index in [-0.39, 0.29) is 11.3 Å². The molecule has 114 valence electrons. The minimum Gasteiger partial charge on any atom is -0.755 e. The van der Waals surface area contributed by atoms with Crippen LogP contribution in [-0.2, 0) is 21.4 Å². The first-order valence-corrected chi connectivity index (χ1v) is 7.84. The first kappa shape index (κ1) is 18.5. The largest absolute Gasteiger partial charge is 0.755 e. The summed E-state index contributed by atoms with van der Waals surface area (Å²) in [5.74, 6) is -1.29. The molecule has 0 saturated carbocycles. The Morgan fingerprint density at radius 2 is 1.95 bits per heavy atom. The van der Waals surface area contributed by atoms with E-state index in [1.54, 1.807) is 0 Å². The highest BCUT2D eigenvalue weighted by Crippen LogP contribution is 2.15. The fourth-order valence-electron chi connectivity index (χ4n) is 0.921. The van der Waals surface area contributed by atoms with Crippen molar-refractivity contribution in [3.8, 4) is 0 Å². The average molecular weight is 324 g/mol. The van der Waals surface area contributed by atoms with Gasteiger partial charge in [-0.15, -0.1) is 0 Å². The molecule has 1 aromatic carbocycles. The third-order valence-electron chi connectivity index (χ3n) is 2.05. The smallest absolute Gasteiger partial charge is 0.335 e. The van der Waals surface area contributed by atoms with Crippen molar-refractivity contribution in [2.75, 3.05) is 17.1 Å². The maximum Gasteiger partial charge on any atom is 0.335 e. The lowest BCUT2D eigenvalue weighted by Gasteiger charge is -2.21. The molecular weight excluding hydrogens is 310 g/mol. The molecule has 0 aromatic heterocycles. The van der Waals surface area contributed by atoms with Gasteiger partial charge in [-0.1, -0.05) is 6.07 Å². The molecule has 1 aromatic rings. The average Bonchev–Trinajstić information content (AvgIpc) is 2.37. The summed E-state index contributed by atoms with van der Waals surface area (Å²) in [6, 6.07) is 5.69. The van der Waals surface area contributed by atoms with Crippen molar-refractivity contribution >= 4 is 33.0 Å². The van der Waals surface area contributed by atoms with Crippen LogP contribution in [0.15, 0.2) is 24.3 Å². The van der Waals surface area contributed by atoms with Gasteiger partial charge in [-0.05, 0) is 25.1 Å². The van der Waals surface area contributed by atoms with Crippen LogP contribution in [0.5, 0.6) is 0 Å². The third-order valence-corrected chi connectivity index (χ3v) is 3.43. The van der Waals surface area contributed by atoms with Crippen molar-refractivity contribution in [2.24, 2.45) is 0 Å². The van der Waals surface area contributed by atoms with Crippen molar-refractivity contribution < 1.29 is 31.6 Å². The fraction of sp³-hybridized carbons (Fsp3) is 0.300. The van der Waals surface area contributed by atoms with E-state index in [0.29, 0.717) is 5.69 Å². The van der Waals surface area contributed by atoms with E-state index in [2.05, 4.69) is 0 Å². The molecule has 20 heavy (non-hydrogen) atoms. The molecular formula is C10H14NO7S2-. The molecule has 0 aliphatic carbocycles. The van der Waals surface area contributed by atoms with Crippen molar-refractivity contribution in [2.45, 2.75) is 6.92 Å². The van der Waals surface area contributed by atoms with E-state index in [1.807, 2.05) is 0 Å². The molecule has 0 amide bonds. The molecule has 0 bridgehead atoms. The van der Waals surface area contributed by atoms with Crippen LogP contribution in [-0.4, -0.2) is 45.6 Å². The molecule has 0 aliphatic heterocycles. The number of hydrogen-bond acceptors (Lipinski definition) is 5. The van der Waals surface area contributed by atoms with Gasteiger partial charge in [-0.3, -0.25) is 8.76 Å². The summed E-state index contributed by atoms with van der Waals surface area (Å²) >= 11 is -2.39. The lowest BCUT2D eigenvalue weighted by Crippen LogP contribution is -2.19. The second-order valence-corrected chi connectivity index (χ2v) is 6.16. The monoisotopic (exact) mass is 324 g/mol. The molecule has 1 unspecified atom stereocenters. The molecule has 2 N–H and O–H groups in total. The maximum absolute atomic E-state index is 10.6. The van der Waals surface area contributed by atoms with Crippen LogP contribution >= 0.6 is 0 Å². The van der Waals surface area contributed by atoms with Crippen LogP contribution in [0.2, 0.25) is 0 Å². The van der Waals surface area contributed by atoms with Gasteiger partial charge < -0.3 is 14.0 Å². The van der Waals surface area contributed by atoms with Crippen LogP contribution in [0.1, 0.15) is 17.3 Å². The Morgan fingerprint density at radius 3 is 2.30 bits per heavy atom. The van der Waals surface area contributed by atoms with Gasteiger partial charge in [0.05, 0.1) is 11.3 Å². The molecule has 1 atom stereocenters. The van der Waals surface area contributed by atoms with E-state index < -0.39 is 27.4 Å². The van der Waals surface area contributed by atoms with E-state index in [0.717, 1.165) is 4.31 Å². The Morgan fingerprint density at radius 1 is 1.45 bits per heavy atom. The number of carbonyl (C=O) groups is 1. The minimum atomic E-state index is -3.66. The van der Waals surface area contributed by atoms with Gasteiger partial charge in [0.2, 0.25) is 0 Å². The number of rotatable bonds is 4. The van der Waals surface area contributed by atoms with Crippen LogP contribution in [0.4, 0.5) is 5.69 Å². The summed E-state index contributed by atoms with van der Waals surface area (Å²) in [5, 5.41) is 8.66. The van der Waals surface area contributed by atoms with Gasteiger partial charge in [0.15, 0.2) is 0 Å². The molecule has 0 spiro atoms. The molecule has 1 rings (SSSR count). The van der Waals surface area contributed by atoms with Crippen LogP contribution in [0, 0.1) is 0 Å². The molecule has 0 fully saturated rings. The SMILES string of the molecule is CCS(=O)(=O)O.CN(c1cccc(C(=O)O)c1)S(=O)[O-]. The molecule has 0 heterocycles. The number of anilines is 1. The van der Waals surface area contributed by atoms with Gasteiger partial charge >= 0.3 is 5.97 Å². The highest BCUT2D eigenvalue weighted by molar-refractivity contribution is 7.85. The lowest BCUT2D eigenvalue weighted by atomic mass is 10.2. The summed E-state index contributed by atoms with van der Waals surface area (Å²) in [4.78, 5) is 10.6. The zero-order valence-corrected chi connectivity index (χ0v) is 12.3. The second kappa shape index (κ2) is 7.94. The molecule has 0 saturated heterocycles. The summed E-state index contributed by atoms with van der Waals surface area (Å²) < 4.78 is 49.0. The molecule has 8 nitrogen and oxygen atoms in total. The summed E-state index contributed by atoms with van der Waals surface area (Å²) in [6.45, 7) is 1.37. The summed E-state index contributed by atoms with van der Waals surface area (Å²) in [5.41, 5.74) is 0.373. The number of hydrogen-bond donors (Lipinski definition) is 2.